The molecule has 0 N–H and O–H groups in total. The maximum atomic E-state index is 12.5. The first-order valence-corrected chi connectivity index (χ1v) is 8.05. The SMILES string of the molecule is COCCN1CCc2oc(C(=O)N(C)C3CC(C)C3)nc2C1. The average molecular weight is 307 g/mol. The van der Waals surface area contributed by atoms with Crippen LogP contribution >= 0.6 is 0 Å². The molecule has 122 valence electrons. The highest BCUT2D eigenvalue weighted by Gasteiger charge is 2.34. The summed E-state index contributed by atoms with van der Waals surface area (Å²) < 4.78 is 10.8. The van der Waals surface area contributed by atoms with Gasteiger partial charge in [-0.15, -0.1) is 0 Å². The number of carbonyl (C=O) groups is 1. The molecule has 0 radical (unpaired) electrons. The summed E-state index contributed by atoms with van der Waals surface area (Å²) in [6, 6.07) is 0.338. The molecule has 0 atom stereocenters. The van der Waals surface area contributed by atoms with E-state index in [9.17, 15) is 4.79 Å². The van der Waals surface area contributed by atoms with Crippen molar-refractivity contribution in [1.29, 1.82) is 0 Å². The van der Waals surface area contributed by atoms with E-state index in [0.717, 1.165) is 50.4 Å². The van der Waals surface area contributed by atoms with Gasteiger partial charge in [-0.05, 0) is 18.8 Å². The molecule has 3 rings (SSSR count). The molecule has 1 aromatic heterocycles. The van der Waals surface area contributed by atoms with Gasteiger partial charge in [0, 0.05) is 46.3 Å². The van der Waals surface area contributed by atoms with Crippen molar-refractivity contribution in [2.45, 2.75) is 38.8 Å². The number of methoxy groups -OCH3 is 1. The van der Waals surface area contributed by atoms with Crippen LogP contribution in [0.2, 0.25) is 0 Å². The molecule has 2 aliphatic rings. The standard InChI is InChI=1S/C16H25N3O3/c1-11-8-12(9-11)18(2)16(20)15-17-13-10-19(6-7-21-3)5-4-14(13)22-15/h11-12H,4-10H2,1-3H3. The van der Waals surface area contributed by atoms with Crippen LogP contribution in [0.3, 0.4) is 0 Å². The van der Waals surface area contributed by atoms with Crippen molar-refractivity contribution in [1.82, 2.24) is 14.8 Å². The van der Waals surface area contributed by atoms with E-state index in [1.165, 1.54) is 0 Å². The lowest BCUT2D eigenvalue weighted by Crippen LogP contribution is -2.44. The highest BCUT2D eigenvalue weighted by molar-refractivity contribution is 5.89. The highest BCUT2D eigenvalue weighted by Crippen LogP contribution is 2.31. The molecular formula is C16H25N3O3. The Balaban J connectivity index is 1.64. The summed E-state index contributed by atoms with van der Waals surface area (Å²) in [5.74, 6) is 1.75. The molecule has 0 aromatic carbocycles. The number of hydrogen-bond acceptors (Lipinski definition) is 5. The van der Waals surface area contributed by atoms with Gasteiger partial charge in [0.2, 0.25) is 0 Å². The molecule has 1 fully saturated rings. The van der Waals surface area contributed by atoms with Crippen molar-refractivity contribution >= 4 is 5.91 Å². The fourth-order valence-electron chi connectivity index (χ4n) is 3.25. The van der Waals surface area contributed by atoms with E-state index in [-0.39, 0.29) is 11.8 Å². The first-order valence-electron chi connectivity index (χ1n) is 8.05. The van der Waals surface area contributed by atoms with Crippen LogP contribution in [0, 0.1) is 5.92 Å². The number of hydrogen-bond donors (Lipinski definition) is 0. The Labute approximate surface area is 131 Å². The predicted molar refractivity (Wildman–Crippen MR) is 81.6 cm³/mol. The molecule has 6 heteroatoms. The first-order chi connectivity index (χ1) is 10.6. The van der Waals surface area contributed by atoms with Crippen molar-refractivity contribution in [3.63, 3.8) is 0 Å². The zero-order chi connectivity index (χ0) is 15.7. The van der Waals surface area contributed by atoms with Crippen molar-refractivity contribution in [2.24, 2.45) is 5.92 Å². The maximum Gasteiger partial charge on any atom is 0.309 e. The Bertz CT molecular complexity index is 537. The summed E-state index contributed by atoms with van der Waals surface area (Å²) in [6.07, 6.45) is 2.96. The Morgan fingerprint density at radius 1 is 1.50 bits per heavy atom. The number of aromatic nitrogens is 1. The second kappa shape index (κ2) is 6.38. The van der Waals surface area contributed by atoms with Crippen LogP contribution in [0.4, 0.5) is 0 Å². The van der Waals surface area contributed by atoms with Crippen LogP contribution in [0.25, 0.3) is 0 Å². The van der Waals surface area contributed by atoms with Gasteiger partial charge in [-0.1, -0.05) is 6.92 Å². The zero-order valence-corrected chi connectivity index (χ0v) is 13.7. The van der Waals surface area contributed by atoms with Gasteiger partial charge in [0.25, 0.3) is 5.89 Å². The van der Waals surface area contributed by atoms with Crippen LogP contribution < -0.4 is 0 Å². The summed E-state index contributed by atoms with van der Waals surface area (Å²) in [5, 5.41) is 0. The van der Waals surface area contributed by atoms with Gasteiger partial charge in [0.05, 0.1) is 12.3 Å². The highest BCUT2D eigenvalue weighted by atomic mass is 16.5. The molecule has 1 aromatic rings. The normalized spacial score (nSPS) is 24.7. The van der Waals surface area contributed by atoms with Gasteiger partial charge in [-0.25, -0.2) is 4.98 Å². The van der Waals surface area contributed by atoms with Crippen molar-refractivity contribution in [3.8, 4) is 0 Å². The molecule has 2 heterocycles. The van der Waals surface area contributed by atoms with E-state index < -0.39 is 0 Å². The maximum absolute atomic E-state index is 12.5. The molecule has 1 aliphatic heterocycles. The molecule has 0 unspecified atom stereocenters. The minimum Gasteiger partial charge on any atom is -0.437 e. The quantitative estimate of drug-likeness (QED) is 0.826. The molecule has 22 heavy (non-hydrogen) atoms. The summed E-state index contributed by atoms with van der Waals surface area (Å²) in [7, 11) is 3.56. The third-order valence-electron chi connectivity index (χ3n) is 4.82. The number of nitrogens with zero attached hydrogens (tertiary/aromatic N) is 3. The number of carbonyl (C=O) groups excluding carboxylic acids is 1. The lowest BCUT2D eigenvalue weighted by Gasteiger charge is -2.38. The van der Waals surface area contributed by atoms with E-state index in [1.54, 1.807) is 12.0 Å². The smallest absolute Gasteiger partial charge is 0.309 e. The summed E-state index contributed by atoms with van der Waals surface area (Å²) in [6.45, 7) is 5.47. The largest absolute Gasteiger partial charge is 0.437 e. The van der Waals surface area contributed by atoms with Gasteiger partial charge in [-0.2, -0.15) is 0 Å². The second-order valence-electron chi connectivity index (χ2n) is 6.55. The van der Waals surface area contributed by atoms with E-state index in [1.807, 2.05) is 7.05 Å². The van der Waals surface area contributed by atoms with Crippen LogP contribution in [-0.4, -0.2) is 60.6 Å². The minimum atomic E-state index is -0.0882. The third kappa shape index (κ3) is 3.03. The minimum absolute atomic E-state index is 0.0882. The monoisotopic (exact) mass is 307 g/mol. The van der Waals surface area contributed by atoms with Gasteiger partial charge >= 0.3 is 5.91 Å². The van der Waals surface area contributed by atoms with Crippen molar-refractivity contribution in [3.05, 3.63) is 17.3 Å². The summed E-state index contributed by atoms with van der Waals surface area (Å²) in [4.78, 5) is 21.0. The number of rotatable bonds is 5. The molecule has 1 saturated carbocycles. The lowest BCUT2D eigenvalue weighted by atomic mass is 9.81. The van der Waals surface area contributed by atoms with Crippen LogP contribution in [0.15, 0.2) is 4.42 Å². The molecule has 0 spiro atoms. The van der Waals surface area contributed by atoms with E-state index >= 15 is 0 Å². The fourth-order valence-corrected chi connectivity index (χ4v) is 3.25. The number of fused-ring (bicyclic) bond motifs is 1. The van der Waals surface area contributed by atoms with E-state index in [2.05, 4.69) is 16.8 Å². The first kappa shape index (κ1) is 15.5. The predicted octanol–water partition coefficient (Wildman–Crippen LogP) is 1.55. The molecule has 0 saturated heterocycles. The lowest BCUT2D eigenvalue weighted by molar-refractivity contribution is 0.0531. The summed E-state index contributed by atoms with van der Waals surface area (Å²) in [5.41, 5.74) is 0.904. The number of ether oxygens (including phenoxy) is 1. The molecule has 1 aliphatic carbocycles. The van der Waals surface area contributed by atoms with Crippen LogP contribution in [-0.2, 0) is 17.7 Å². The Kier molecular flexibility index (Phi) is 4.49. The Hall–Kier alpha value is -1.40. The van der Waals surface area contributed by atoms with Crippen LogP contribution in [0.5, 0.6) is 0 Å². The Morgan fingerprint density at radius 3 is 2.95 bits per heavy atom. The number of oxazole rings is 1. The van der Waals surface area contributed by atoms with Crippen molar-refractivity contribution < 1.29 is 13.9 Å². The van der Waals surface area contributed by atoms with Crippen LogP contribution in [0.1, 0.15) is 41.9 Å². The number of amides is 1. The molecular weight excluding hydrogens is 282 g/mol. The second-order valence-corrected chi connectivity index (χ2v) is 6.55. The van der Waals surface area contributed by atoms with Gasteiger partial charge in [-0.3, -0.25) is 9.69 Å². The summed E-state index contributed by atoms with van der Waals surface area (Å²) >= 11 is 0. The van der Waals surface area contributed by atoms with Gasteiger partial charge in [0.1, 0.15) is 5.76 Å². The van der Waals surface area contributed by atoms with Gasteiger partial charge in [0.15, 0.2) is 0 Å². The fraction of sp³-hybridized carbons (Fsp3) is 0.750. The average Bonchev–Trinajstić information content (AvgIpc) is 2.91. The molecule has 6 nitrogen and oxygen atoms in total. The van der Waals surface area contributed by atoms with E-state index in [0.29, 0.717) is 18.6 Å². The third-order valence-corrected chi connectivity index (χ3v) is 4.82. The topological polar surface area (TPSA) is 58.8 Å². The molecule has 1 amide bonds. The van der Waals surface area contributed by atoms with Crippen molar-refractivity contribution in [2.75, 3.05) is 33.9 Å². The molecule has 0 bridgehead atoms. The zero-order valence-electron chi connectivity index (χ0n) is 13.7. The Morgan fingerprint density at radius 2 is 2.27 bits per heavy atom. The van der Waals surface area contributed by atoms with E-state index in [4.69, 9.17) is 9.15 Å². The van der Waals surface area contributed by atoms with Gasteiger partial charge < -0.3 is 14.1 Å².